The minimum atomic E-state index is -3.08. The number of hydrogen-bond donors (Lipinski definition) is 1. The van der Waals surface area contributed by atoms with Gasteiger partial charge in [-0.3, -0.25) is 14.7 Å². The lowest BCUT2D eigenvalue weighted by Crippen LogP contribution is -2.52. The maximum absolute atomic E-state index is 13.1. The predicted molar refractivity (Wildman–Crippen MR) is 77.6 cm³/mol. The van der Waals surface area contributed by atoms with Gasteiger partial charge in [0.25, 0.3) is 5.92 Å². The first-order valence-corrected chi connectivity index (χ1v) is 7.38. The summed E-state index contributed by atoms with van der Waals surface area (Å²) in [5, 5.41) is 8.60. The zero-order valence-corrected chi connectivity index (χ0v) is 12.4. The second kappa shape index (κ2) is 7.60. The molecule has 0 atom stereocenters. The van der Waals surface area contributed by atoms with Crippen LogP contribution in [0.3, 0.4) is 0 Å². The Bertz CT molecular complexity index is 477. The van der Waals surface area contributed by atoms with Crippen molar-refractivity contribution >= 4 is 5.91 Å². The highest BCUT2D eigenvalue weighted by Gasteiger charge is 2.32. The molecule has 2 rings (SSSR count). The summed E-state index contributed by atoms with van der Waals surface area (Å²) in [7, 11) is 0. The van der Waals surface area contributed by atoms with Crippen LogP contribution in [-0.4, -0.2) is 71.1 Å². The average molecular weight is 313 g/mol. The smallest absolute Gasteiger partial charge is 0.283 e. The molecule has 1 aliphatic rings. The van der Waals surface area contributed by atoms with E-state index in [-0.39, 0.29) is 5.91 Å². The number of hydrogen-bond acceptors (Lipinski definition) is 4. The number of amides is 1. The number of piperazine rings is 1. The molecule has 1 amide bonds. The maximum Gasteiger partial charge on any atom is 0.283 e. The van der Waals surface area contributed by atoms with Gasteiger partial charge in [-0.25, -0.2) is 8.78 Å². The molecule has 1 saturated heterocycles. The summed E-state index contributed by atoms with van der Waals surface area (Å²) in [5.41, 5.74) is 1.06. The fraction of sp³-hybridized carbons (Fsp3) is 0.600. The summed E-state index contributed by atoms with van der Waals surface area (Å²) in [6, 6.07) is 3.75. The number of rotatable bonds is 6. The van der Waals surface area contributed by atoms with Crippen molar-refractivity contribution in [3.63, 3.8) is 0 Å². The van der Waals surface area contributed by atoms with Crippen LogP contribution in [0.2, 0.25) is 0 Å². The Morgan fingerprint density at radius 3 is 2.45 bits per heavy atom. The third-order valence-corrected chi connectivity index (χ3v) is 3.79. The van der Waals surface area contributed by atoms with Crippen LogP contribution in [0.15, 0.2) is 24.5 Å². The van der Waals surface area contributed by atoms with Crippen molar-refractivity contribution in [2.45, 2.75) is 18.8 Å². The van der Waals surface area contributed by atoms with Crippen LogP contribution < -0.4 is 0 Å². The Labute approximate surface area is 128 Å². The maximum atomic E-state index is 13.1. The highest BCUT2D eigenvalue weighted by atomic mass is 19.3. The molecule has 1 N–H and O–H groups in total. The third-order valence-electron chi connectivity index (χ3n) is 3.79. The molecule has 1 aliphatic heterocycles. The molecule has 2 heterocycles. The molecule has 22 heavy (non-hydrogen) atoms. The van der Waals surface area contributed by atoms with Crippen molar-refractivity contribution in [1.29, 1.82) is 0 Å². The first-order chi connectivity index (χ1) is 10.5. The molecule has 5 nitrogen and oxygen atoms in total. The van der Waals surface area contributed by atoms with E-state index in [1.165, 1.54) is 0 Å². The quantitative estimate of drug-likeness (QED) is 0.843. The fourth-order valence-electron chi connectivity index (χ4n) is 2.49. The summed E-state index contributed by atoms with van der Waals surface area (Å²) < 4.78 is 26.2. The monoisotopic (exact) mass is 313 g/mol. The number of nitrogens with zero attached hydrogens (tertiary/aromatic N) is 3. The Balaban J connectivity index is 1.73. The number of aryl methyl sites for hydroxylation is 1. The molecule has 0 unspecified atom stereocenters. The van der Waals surface area contributed by atoms with Gasteiger partial charge in [-0.1, -0.05) is 0 Å². The van der Waals surface area contributed by atoms with Gasteiger partial charge in [-0.2, -0.15) is 0 Å². The SMILES string of the molecule is O=C(CCc1ccncc1)N1CCN(CC(F)(F)CO)CC1. The topological polar surface area (TPSA) is 56.7 Å². The predicted octanol–water partition coefficient (Wildman–Crippen LogP) is 0.786. The highest BCUT2D eigenvalue weighted by Crippen LogP contribution is 2.16. The fourth-order valence-corrected chi connectivity index (χ4v) is 2.49. The zero-order chi connectivity index (χ0) is 16.0. The van der Waals surface area contributed by atoms with Gasteiger partial charge in [0.05, 0.1) is 6.54 Å². The zero-order valence-electron chi connectivity index (χ0n) is 12.4. The minimum absolute atomic E-state index is 0.0466. The number of pyridine rings is 1. The molecule has 0 aromatic carbocycles. The number of aromatic nitrogens is 1. The van der Waals surface area contributed by atoms with Crippen molar-refractivity contribution in [2.75, 3.05) is 39.3 Å². The van der Waals surface area contributed by atoms with Crippen molar-refractivity contribution in [2.24, 2.45) is 0 Å². The summed E-state index contributed by atoms with van der Waals surface area (Å²) >= 11 is 0. The van der Waals surface area contributed by atoms with Gasteiger partial charge in [0.2, 0.25) is 5.91 Å². The number of halogens is 2. The van der Waals surface area contributed by atoms with Crippen LogP contribution in [0.1, 0.15) is 12.0 Å². The van der Waals surface area contributed by atoms with Crippen LogP contribution >= 0.6 is 0 Å². The number of aliphatic hydroxyl groups is 1. The Morgan fingerprint density at radius 2 is 1.86 bits per heavy atom. The molecule has 0 saturated carbocycles. The van der Waals surface area contributed by atoms with Crippen molar-refractivity contribution in [3.05, 3.63) is 30.1 Å². The molecule has 1 aromatic rings. The summed E-state index contributed by atoms with van der Waals surface area (Å²) in [6.45, 7) is 0.140. The van der Waals surface area contributed by atoms with Crippen LogP contribution in [0, 0.1) is 0 Å². The van der Waals surface area contributed by atoms with Gasteiger partial charge in [0, 0.05) is 45.0 Å². The lowest BCUT2D eigenvalue weighted by Gasteiger charge is -2.36. The van der Waals surface area contributed by atoms with E-state index in [2.05, 4.69) is 4.98 Å². The van der Waals surface area contributed by atoms with Gasteiger partial charge in [-0.15, -0.1) is 0 Å². The Morgan fingerprint density at radius 1 is 1.23 bits per heavy atom. The molecule has 1 fully saturated rings. The van der Waals surface area contributed by atoms with Gasteiger partial charge in [-0.05, 0) is 24.1 Å². The molecule has 1 aromatic heterocycles. The van der Waals surface area contributed by atoms with Gasteiger partial charge < -0.3 is 10.0 Å². The Hall–Kier alpha value is -1.60. The van der Waals surface area contributed by atoms with E-state index >= 15 is 0 Å². The van der Waals surface area contributed by atoms with E-state index in [1.807, 2.05) is 12.1 Å². The second-order valence-corrected chi connectivity index (χ2v) is 5.53. The summed E-state index contributed by atoms with van der Waals surface area (Å²) in [6.07, 6.45) is 4.46. The average Bonchev–Trinajstić information content (AvgIpc) is 2.54. The van der Waals surface area contributed by atoms with E-state index in [0.717, 1.165) is 5.56 Å². The first-order valence-electron chi connectivity index (χ1n) is 7.38. The molecule has 0 radical (unpaired) electrons. The number of carbonyl (C=O) groups excluding carboxylic acids is 1. The minimum Gasteiger partial charge on any atom is -0.390 e. The van der Waals surface area contributed by atoms with Crippen molar-refractivity contribution < 1.29 is 18.7 Å². The lowest BCUT2D eigenvalue weighted by atomic mass is 10.1. The third kappa shape index (κ3) is 4.99. The highest BCUT2D eigenvalue weighted by molar-refractivity contribution is 5.76. The molecular formula is C15H21F2N3O2. The van der Waals surface area contributed by atoms with Crippen molar-refractivity contribution in [1.82, 2.24) is 14.8 Å². The summed E-state index contributed by atoms with van der Waals surface area (Å²) in [4.78, 5) is 19.4. The molecule has 0 spiro atoms. The number of aliphatic hydroxyl groups excluding tert-OH is 1. The van der Waals surface area contributed by atoms with Gasteiger partial charge in [0.1, 0.15) is 6.61 Å². The van der Waals surface area contributed by atoms with Crippen LogP contribution in [0.4, 0.5) is 8.78 Å². The standard InChI is InChI=1S/C15H21F2N3O2/c16-15(17,12-21)11-19-7-9-20(10-8-19)14(22)2-1-13-3-5-18-6-4-13/h3-6,21H,1-2,7-12H2. The Kier molecular flexibility index (Phi) is 5.79. The number of alkyl halides is 2. The van der Waals surface area contributed by atoms with Crippen LogP contribution in [0.5, 0.6) is 0 Å². The molecule has 7 heteroatoms. The lowest BCUT2D eigenvalue weighted by molar-refractivity contribution is -0.134. The number of carbonyl (C=O) groups is 1. The van der Waals surface area contributed by atoms with Crippen molar-refractivity contribution in [3.8, 4) is 0 Å². The van der Waals surface area contributed by atoms with E-state index < -0.39 is 19.1 Å². The van der Waals surface area contributed by atoms with E-state index in [0.29, 0.717) is 39.0 Å². The first kappa shape index (κ1) is 16.8. The molecular weight excluding hydrogens is 292 g/mol. The van der Waals surface area contributed by atoms with Gasteiger partial charge >= 0.3 is 0 Å². The molecule has 0 aliphatic carbocycles. The van der Waals surface area contributed by atoms with Gasteiger partial charge in [0.15, 0.2) is 0 Å². The molecule has 0 bridgehead atoms. The molecule has 122 valence electrons. The van der Waals surface area contributed by atoms with E-state index in [1.54, 1.807) is 22.2 Å². The van der Waals surface area contributed by atoms with Crippen LogP contribution in [-0.2, 0) is 11.2 Å². The van der Waals surface area contributed by atoms with Crippen LogP contribution in [0.25, 0.3) is 0 Å². The summed E-state index contributed by atoms with van der Waals surface area (Å²) in [5.74, 6) is -3.03. The second-order valence-electron chi connectivity index (χ2n) is 5.53. The van der Waals surface area contributed by atoms with E-state index in [4.69, 9.17) is 5.11 Å². The van der Waals surface area contributed by atoms with E-state index in [9.17, 15) is 13.6 Å². The normalized spacial score (nSPS) is 16.8. The largest absolute Gasteiger partial charge is 0.390 e.